The number of hydrogen-bond donors (Lipinski definition) is 0. The topological polar surface area (TPSA) is 74.8 Å². The number of benzene rings is 4. The van der Waals surface area contributed by atoms with Crippen molar-refractivity contribution in [2.45, 2.75) is 35.2 Å². The highest BCUT2D eigenvalue weighted by Crippen LogP contribution is 2.46. The van der Waals surface area contributed by atoms with Gasteiger partial charge >= 0.3 is 0 Å². The van der Waals surface area contributed by atoms with Gasteiger partial charge in [0.25, 0.3) is 20.0 Å². The van der Waals surface area contributed by atoms with Crippen molar-refractivity contribution in [1.29, 1.82) is 0 Å². The lowest BCUT2D eigenvalue weighted by Gasteiger charge is -2.43. The Labute approximate surface area is 212 Å². The second-order valence-electron chi connectivity index (χ2n) is 8.72. The van der Waals surface area contributed by atoms with Crippen molar-refractivity contribution in [3.05, 3.63) is 121 Å². The highest BCUT2D eigenvalue weighted by atomic mass is 32.2. The lowest BCUT2D eigenvalue weighted by molar-refractivity contribution is 0.511. The zero-order chi connectivity index (χ0) is 25.3. The molecule has 0 fully saturated rings. The summed E-state index contributed by atoms with van der Waals surface area (Å²) < 4.78 is 58.4. The largest absolute Gasteiger partial charge is 0.264 e. The van der Waals surface area contributed by atoms with Crippen LogP contribution in [-0.2, 0) is 20.0 Å². The Bertz CT molecular complexity index is 1560. The van der Waals surface area contributed by atoms with E-state index in [4.69, 9.17) is 0 Å². The van der Waals surface area contributed by atoms with E-state index in [2.05, 4.69) is 0 Å². The molecule has 1 aliphatic heterocycles. The molecule has 0 saturated carbocycles. The summed E-state index contributed by atoms with van der Waals surface area (Å²) in [5, 5.41) is 0. The first-order chi connectivity index (χ1) is 17.3. The van der Waals surface area contributed by atoms with E-state index < -0.39 is 32.1 Å². The Morgan fingerprint density at radius 3 is 1.78 bits per heavy atom. The Kier molecular flexibility index (Phi) is 6.32. The van der Waals surface area contributed by atoms with Crippen LogP contribution in [0.3, 0.4) is 0 Å². The van der Waals surface area contributed by atoms with Crippen LogP contribution in [0.1, 0.15) is 24.9 Å². The van der Waals surface area contributed by atoms with Crippen molar-refractivity contribution >= 4 is 31.4 Å². The monoisotopic (exact) mass is 518 g/mol. The van der Waals surface area contributed by atoms with Gasteiger partial charge in [-0.3, -0.25) is 8.61 Å². The predicted octanol–water partition coefficient (Wildman–Crippen LogP) is 5.61. The van der Waals surface area contributed by atoms with E-state index >= 15 is 0 Å². The molecule has 5 rings (SSSR count). The Balaban J connectivity index is 1.69. The van der Waals surface area contributed by atoms with Gasteiger partial charge in [-0.2, -0.15) is 0 Å². The van der Waals surface area contributed by atoms with Crippen molar-refractivity contribution in [2.24, 2.45) is 0 Å². The molecule has 2 atom stereocenters. The van der Waals surface area contributed by atoms with Gasteiger partial charge in [0, 0.05) is 11.6 Å². The van der Waals surface area contributed by atoms with Crippen LogP contribution in [0.4, 0.5) is 11.4 Å². The summed E-state index contributed by atoms with van der Waals surface area (Å²) in [6.45, 7) is 1.82. The number of sulfonamides is 2. The summed E-state index contributed by atoms with van der Waals surface area (Å²) in [5.74, 6) is 0. The van der Waals surface area contributed by atoms with Crippen molar-refractivity contribution in [2.75, 3.05) is 8.61 Å². The highest BCUT2D eigenvalue weighted by molar-refractivity contribution is 7.93. The second-order valence-corrected chi connectivity index (χ2v) is 12.4. The average Bonchev–Trinajstić information content (AvgIpc) is 2.90. The van der Waals surface area contributed by atoms with Crippen molar-refractivity contribution < 1.29 is 16.8 Å². The van der Waals surface area contributed by atoms with E-state index in [9.17, 15) is 16.8 Å². The highest BCUT2D eigenvalue weighted by Gasteiger charge is 2.43. The third kappa shape index (κ3) is 4.16. The Hall–Kier alpha value is -3.62. The van der Waals surface area contributed by atoms with E-state index in [0.717, 1.165) is 0 Å². The molecule has 0 saturated heterocycles. The van der Waals surface area contributed by atoms with E-state index in [1.165, 1.54) is 8.61 Å². The van der Waals surface area contributed by atoms with Crippen LogP contribution < -0.4 is 8.61 Å². The van der Waals surface area contributed by atoms with E-state index in [1.807, 2.05) is 25.1 Å². The van der Waals surface area contributed by atoms with Crippen LogP contribution in [0.5, 0.6) is 0 Å². The molecule has 8 heteroatoms. The molecule has 0 bridgehead atoms. The fourth-order valence-corrected chi connectivity index (χ4v) is 8.19. The number of para-hydroxylation sites is 2. The normalized spacial score (nSPS) is 17.9. The molecular weight excluding hydrogens is 492 g/mol. The summed E-state index contributed by atoms with van der Waals surface area (Å²) in [6.07, 6.45) is 0.282. The molecule has 0 aromatic heterocycles. The third-order valence-electron chi connectivity index (χ3n) is 6.39. The van der Waals surface area contributed by atoms with Crippen LogP contribution >= 0.6 is 0 Å². The smallest absolute Gasteiger partial charge is 0.263 e. The lowest BCUT2D eigenvalue weighted by Crippen LogP contribution is -2.47. The third-order valence-corrected chi connectivity index (χ3v) is 10.2. The number of nitrogens with zero attached hydrogens (tertiary/aromatic N) is 2. The molecule has 4 aromatic rings. The molecular formula is C28H26N2O4S2. The maximum atomic E-state index is 14.0. The first-order valence-electron chi connectivity index (χ1n) is 11.6. The molecule has 36 heavy (non-hydrogen) atoms. The second kappa shape index (κ2) is 9.44. The predicted molar refractivity (Wildman–Crippen MR) is 142 cm³/mol. The minimum Gasteiger partial charge on any atom is -0.263 e. The summed E-state index contributed by atoms with van der Waals surface area (Å²) in [4.78, 5) is 0.375. The van der Waals surface area contributed by atoms with E-state index in [0.29, 0.717) is 16.9 Å². The SMILES string of the molecule is C[C@@H]1C[C@H](N(c2ccccc2)S(=O)(=O)c2ccccc2)c2ccccc2N1S(=O)(=O)c1ccccc1. The fourth-order valence-electron chi connectivity index (χ4n) is 4.81. The zero-order valence-electron chi connectivity index (χ0n) is 19.7. The van der Waals surface area contributed by atoms with Gasteiger partial charge in [-0.1, -0.05) is 72.8 Å². The Morgan fingerprint density at radius 1 is 0.667 bits per heavy atom. The van der Waals surface area contributed by atoms with Crippen LogP contribution in [0.15, 0.2) is 125 Å². The molecule has 4 aromatic carbocycles. The number of rotatable bonds is 6. The zero-order valence-corrected chi connectivity index (χ0v) is 21.3. The van der Waals surface area contributed by atoms with Crippen LogP contribution in [0.2, 0.25) is 0 Å². The van der Waals surface area contributed by atoms with E-state index in [-0.39, 0.29) is 16.2 Å². The molecule has 0 aliphatic carbocycles. The summed E-state index contributed by atoms with van der Waals surface area (Å²) >= 11 is 0. The number of hydrogen-bond acceptors (Lipinski definition) is 4. The van der Waals surface area contributed by atoms with Gasteiger partial charge in [-0.25, -0.2) is 16.8 Å². The summed E-state index contributed by atoms with van der Waals surface area (Å²) in [5.41, 5.74) is 1.64. The van der Waals surface area contributed by atoms with Crippen LogP contribution in [0.25, 0.3) is 0 Å². The standard InChI is InChI=1S/C28H26N2O4S2/c1-22-21-28(30(23-13-5-2-6-14-23)36(33,34)25-17-9-4-10-18-25)26-19-11-12-20-27(26)29(22)35(31,32)24-15-7-3-8-16-24/h2-20,22,28H,21H2,1H3/t22-,28+/m1/s1. The molecule has 184 valence electrons. The number of fused-ring (bicyclic) bond motifs is 1. The van der Waals surface area contributed by atoms with Gasteiger partial charge in [0.2, 0.25) is 0 Å². The van der Waals surface area contributed by atoms with Crippen LogP contribution in [0, 0.1) is 0 Å². The molecule has 0 N–H and O–H groups in total. The van der Waals surface area contributed by atoms with Gasteiger partial charge in [-0.15, -0.1) is 0 Å². The van der Waals surface area contributed by atoms with Gasteiger partial charge in [-0.05, 0) is 55.8 Å². The van der Waals surface area contributed by atoms with Gasteiger partial charge in [0.05, 0.1) is 27.2 Å². The first kappa shape index (κ1) is 24.1. The quantitative estimate of drug-likeness (QED) is 0.333. The van der Waals surface area contributed by atoms with Gasteiger partial charge in [0.1, 0.15) is 0 Å². The Morgan fingerprint density at radius 2 is 1.17 bits per heavy atom. The van der Waals surface area contributed by atoms with Crippen molar-refractivity contribution in [3.8, 4) is 0 Å². The lowest BCUT2D eigenvalue weighted by atomic mass is 9.93. The van der Waals surface area contributed by atoms with Gasteiger partial charge < -0.3 is 0 Å². The number of anilines is 2. The molecule has 1 heterocycles. The minimum atomic E-state index is -3.96. The molecule has 1 aliphatic rings. The van der Waals surface area contributed by atoms with Crippen molar-refractivity contribution in [1.82, 2.24) is 0 Å². The maximum Gasteiger partial charge on any atom is 0.264 e. The van der Waals surface area contributed by atoms with Crippen LogP contribution in [-0.4, -0.2) is 22.9 Å². The molecule has 0 unspecified atom stereocenters. The molecule has 0 amide bonds. The fraction of sp³-hybridized carbons (Fsp3) is 0.143. The van der Waals surface area contributed by atoms with E-state index in [1.54, 1.807) is 97.1 Å². The molecule has 0 spiro atoms. The molecule has 0 radical (unpaired) electrons. The average molecular weight is 519 g/mol. The summed E-state index contributed by atoms with van der Waals surface area (Å²) in [6, 6.07) is 31.7. The minimum absolute atomic E-state index is 0.179. The van der Waals surface area contributed by atoms with Crippen molar-refractivity contribution in [3.63, 3.8) is 0 Å². The van der Waals surface area contributed by atoms with Gasteiger partial charge in [0.15, 0.2) is 0 Å². The molecule has 6 nitrogen and oxygen atoms in total. The first-order valence-corrected chi connectivity index (χ1v) is 14.5. The maximum absolute atomic E-state index is 14.0. The summed E-state index contributed by atoms with van der Waals surface area (Å²) in [7, 11) is -7.82.